The molecule has 0 saturated heterocycles. The Hall–Kier alpha value is -1.78. The minimum absolute atomic E-state index is 0.0508. The molecule has 0 spiro atoms. The SMILES string of the molecule is CCCc1c(O)c(C(=O)OCC)c(C)[nH]c1=O. The van der Waals surface area contributed by atoms with E-state index in [2.05, 4.69) is 4.98 Å². The Morgan fingerprint density at radius 1 is 1.41 bits per heavy atom. The fraction of sp³-hybridized carbons (Fsp3) is 0.500. The van der Waals surface area contributed by atoms with Gasteiger partial charge in [-0.25, -0.2) is 4.79 Å². The molecule has 2 N–H and O–H groups in total. The number of aromatic hydroxyl groups is 1. The lowest BCUT2D eigenvalue weighted by molar-refractivity contribution is 0.0521. The summed E-state index contributed by atoms with van der Waals surface area (Å²) in [6.07, 6.45) is 1.13. The number of hydrogen-bond acceptors (Lipinski definition) is 4. The highest BCUT2D eigenvalue weighted by Crippen LogP contribution is 2.23. The van der Waals surface area contributed by atoms with E-state index in [4.69, 9.17) is 4.74 Å². The average molecular weight is 239 g/mol. The maximum atomic E-state index is 11.6. The quantitative estimate of drug-likeness (QED) is 0.781. The van der Waals surface area contributed by atoms with Crippen LogP contribution in [0.3, 0.4) is 0 Å². The van der Waals surface area contributed by atoms with E-state index in [1.165, 1.54) is 0 Å². The second kappa shape index (κ2) is 5.52. The number of aryl methyl sites for hydroxylation is 1. The van der Waals surface area contributed by atoms with Crippen LogP contribution in [0.4, 0.5) is 0 Å². The summed E-state index contributed by atoms with van der Waals surface area (Å²) in [6, 6.07) is 0. The number of esters is 1. The summed E-state index contributed by atoms with van der Waals surface area (Å²) in [5, 5.41) is 9.96. The molecule has 0 aliphatic rings. The van der Waals surface area contributed by atoms with E-state index in [9.17, 15) is 14.7 Å². The van der Waals surface area contributed by atoms with Crippen LogP contribution in [-0.2, 0) is 11.2 Å². The predicted molar refractivity (Wildman–Crippen MR) is 63.4 cm³/mol. The third-order valence-electron chi connectivity index (χ3n) is 2.45. The number of nitrogens with one attached hydrogen (secondary N) is 1. The molecular weight excluding hydrogens is 222 g/mol. The maximum Gasteiger partial charge on any atom is 0.343 e. The lowest BCUT2D eigenvalue weighted by Gasteiger charge is -2.10. The summed E-state index contributed by atoms with van der Waals surface area (Å²) in [5.41, 5.74) is 0.261. The second-order valence-electron chi connectivity index (χ2n) is 3.75. The molecule has 0 aromatic carbocycles. The number of carbonyl (C=O) groups is 1. The van der Waals surface area contributed by atoms with Gasteiger partial charge in [-0.05, 0) is 20.3 Å². The van der Waals surface area contributed by atoms with Crippen molar-refractivity contribution in [2.45, 2.75) is 33.6 Å². The van der Waals surface area contributed by atoms with Gasteiger partial charge in [0.1, 0.15) is 11.3 Å². The van der Waals surface area contributed by atoms with E-state index in [-0.39, 0.29) is 29.0 Å². The number of aromatic nitrogens is 1. The Kier molecular flexibility index (Phi) is 4.31. The molecule has 1 rings (SSSR count). The molecule has 0 fully saturated rings. The van der Waals surface area contributed by atoms with Gasteiger partial charge in [-0.15, -0.1) is 0 Å². The molecule has 17 heavy (non-hydrogen) atoms. The number of ether oxygens (including phenoxy) is 1. The molecule has 1 aromatic rings. The molecule has 0 amide bonds. The molecule has 5 nitrogen and oxygen atoms in total. The molecule has 94 valence electrons. The minimum Gasteiger partial charge on any atom is -0.506 e. The molecule has 0 bridgehead atoms. The Balaban J connectivity index is 3.35. The maximum absolute atomic E-state index is 11.6. The highest BCUT2D eigenvalue weighted by Gasteiger charge is 2.21. The van der Waals surface area contributed by atoms with E-state index in [0.29, 0.717) is 18.5 Å². The highest BCUT2D eigenvalue weighted by molar-refractivity contribution is 5.93. The van der Waals surface area contributed by atoms with Crippen molar-refractivity contribution in [2.24, 2.45) is 0 Å². The molecule has 0 unspecified atom stereocenters. The zero-order chi connectivity index (χ0) is 13.0. The zero-order valence-electron chi connectivity index (χ0n) is 10.3. The van der Waals surface area contributed by atoms with Gasteiger partial charge in [0.15, 0.2) is 0 Å². The van der Waals surface area contributed by atoms with Gasteiger partial charge in [0.2, 0.25) is 0 Å². The first kappa shape index (κ1) is 13.3. The van der Waals surface area contributed by atoms with Crippen LogP contribution in [0, 0.1) is 6.92 Å². The highest BCUT2D eigenvalue weighted by atomic mass is 16.5. The van der Waals surface area contributed by atoms with E-state index in [0.717, 1.165) is 0 Å². The normalized spacial score (nSPS) is 10.3. The van der Waals surface area contributed by atoms with Crippen LogP contribution in [0.15, 0.2) is 4.79 Å². The van der Waals surface area contributed by atoms with Crippen LogP contribution in [0.5, 0.6) is 5.75 Å². The van der Waals surface area contributed by atoms with Gasteiger partial charge < -0.3 is 14.8 Å². The Bertz CT molecular complexity index is 476. The van der Waals surface area contributed by atoms with Crippen molar-refractivity contribution in [1.82, 2.24) is 4.98 Å². The monoisotopic (exact) mass is 239 g/mol. The van der Waals surface area contributed by atoms with Gasteiger partial charge in [-0.1, -0.05) is 13.3 Å². The van der Waals surface area contributed by atoms with Crippen molar-refractivity contribution >= 4 is 5.97 Å². The summed E-state index contributed by atoms with van der Waals surface area (Å²) < 4.78 is 4.84. The first-order valence-electron chi connectivity index (χ1n) is 5.64. The number of hydrogen-bond donors (Lipinski definition) is 2. The van der Waals surface area contributed by atoms with Gasteiger partial charge in [-0.3, -0.25) is 4.79 Å². The third kappa shape index (κ3) is 2.67. The van der Waals surface area contributed by atoms with Crippen LogP contribution in [-0.4, -0.2) is 22.7 Å². The summed E-state index contributed by atoms with van der Waals surface area (Å²) in [4.78, 5) is 25.8. The molecular formula is C12H17NO4. The fourth-order valence-corrected chi connectivity index (χ4v) is 1.68. The van der Waals surface area contributed by atoms with Gasteiger partial charge in [-0.2, -0.15) is 0 Å². The molecule has 5 heteroatoms. The van der Waals surface area contributed by atoms with Crippen LogP contribution in [0.2, 0.25) is 0 Å². The fourth-order valence-electron chi connectivity index (χ4n) is 1.68. The van der Waals surface area contributed by atoms with Gasteiger partial charge >= 0.3 is 5.97 Å². The first-order valence-corrected chi connectivity index (χ1v) is 5.64. The molecule has 0 aliphatic heterocycles. The summed E-state index contributed by atoms with van der Waals surface area (Å²) in [5.74, 6) is -0.873. The number of H-pyrrole nitrogens is 1. The Morgan fingerprint density at radius 3 is 2.59 bits per heavy atom. The average Bonchev–Trinajstić information content (AvgIpc) is 2.24. The van der Waals surface area contributed by atoms with Crippen LogP contribution in [0.25, 0.3) is 0 Å². The van der Waals surface area contributed by atoms with E-state index in [1.54, 1.807) is 13.8 Å². The molecule has 0 saturated carbocycles. The van der Waals surface area contributed by atoms with Crippen LogP contribution >= 0.6 is 0 Å². The molecule has 0 aliphatic carbocycles. The lowest BCUT2D eigenvalue weighted by atomic mass is 10.1. The van der Waals surface area contributed by atoms with Crippen molar-refractivity contribution in [3.05, 3.63) is 27.2 Å². The number of pyridine rings is 1. The standard InChI is InChI=1S/C12H17NO4/c1-4-6-8-10(14)9(12(16)17-5-2)7(3)13-11(8)15/h4-6H2,1-3H3,(H2,13,14,15). The Labute approximate surface area is 99.4 Å². The number of aromatic amines is 1. The lowest BCUT2D eigenvalue weighted by Crippen LogP contribution is -2.19. The van der Waals surface area contributed by atoms with Crippen molar-refractivity contribution in [3.63, 3.8) is 0 Å². The first-order chi connectivity index (χ1) is 8.02. The number of carbonyl (C=O) groups excluding carboxylic acids is 1. The second-order valence-corrected chi connectivity index (χ2v) is 3.75. The van der Waals surface area contributed by atoms with E-state index >= 15 is 0 Å². The zero-order valence-corrected chi connectivity index (χ0v) is 10.3. The minimum atomic E-state index is -0.615. The van der Waals surface area contributed by atoms with Crippen LogP contribution in [0.1, 0.15) is 41.9 Å². The van der Waals surface area contributed by atoms with Crippen molar-refractivity contribution in [1.29, 1.82) is 0 Å². The largest absolute Gasteiger partial charge is 0.506 e. The summed E-state index contributed by atoms with van der Waals surface area (Å²) in [6.45, 7) is 5.36. The van der Waals surface area contributed by atoms with Crippen molar-refractivity contribution in [3.8, 4) is 5.75 Å². The van der Waals surface area contributed by atoms with Gasteiger partial charge in [0.05, 0.1) is 12.2 Å². The van der Waals surface area contributed by atoms with Crippen molar-refractivity contribution < 1.29 is 14.6 Å². The van der Waals surface area contributed by atoms with Crippen molar-refractivity contribution in [2.75, 3.05) is 6.61 Å². The van der Waals surface area contributed by atoms with Gasteiger partial charge in [0.25, 0.3) is 5.56 Å². The Morgan fingerprint density at radius 2 is 2.06 bits per heavy atom. The van der Waals surface area contributed by atoms with Crippen LogP contribution < -0.4 is 5.56 Å². The summed E-state index contributed by atoms with van der Waals surface area (Å²) >= 11 is 0. The molecule has 0 radical (unpaired) electrons. The summed E-state index contributed by atoms with van der Waals surface area (Å²) in [7, 11) is 0. The van der Waals surface area contributed by atoms with Gasteiger partial charge in [0, 0.05) is 5.69 Å². The molecule has 1 aromatic heterocycles. The molecule has 0 atom stereocenters. The number of rotatable bonds is 4. The smallest absolute Gasteiger partial charge is 0.343 e. The van der Waals surface area contributed by atoms with E-state index < -0.39 is 5.97 Å². The molecule has 1 heterocycles. The third-order valence-corrected chi connectivity index (χ3v) is 2.45. The predicted octanol–water partition coefficient (Wildman–Crippen LogP) is 1.52. The topological polar surface area (TPSA) is 79.4 Å². The van der Waals surface area contributed by atoms with E-state index in [1.807, 2.05) is 6.92 Å².